The van der Waals surface area contributed by atoms with Gasteiger partial charge in [-0.2, -0.15) is 0 Å². The minimum atomic E-state index is -0.207. The number of ether oxygens (including phenoxy) is 1. The molecule has 0 bridgehead atoms. The summed E-state index contributed by atoms with van der Waals surface area (Å²) in [7, 11) is 0. The Morgan fingerprint density at radius 3 is 2.88 bits per heavy atom. The van der Waals surface area contributed by atoms with Gasteiger partial charge in [-0.25, -0.2) is 4.85 Å². The van der Waals surface area contributed by atoms with E-state index in [4.69, 9.17) is 11.3 Å². The number of carbonyl (C=O) groups is 1. The van der Waals surface area contributed by atoms with E-state index in [2.05, 4.69) is 4.85 Å². The van der Waals surface area contributed by atoms with Crippen molar-refractivity contribution in [1.29, 1.82) is 0 Å². The maximum Gasteiger partial charge on any atom is 0.306 e. The molecule has 1 aromatic rings. The molecule has 84 valence electrons. The summed E-state index contributed by atoms with van der Waals surface area (Å²) in [6, 6.07) is 5.59. The number of hydrogen-bond acceptors (Lipinski definition) is 2. The summed E-state index contributed by atoms with van der Waals surface area (Å²) in [6.07, 6.45) is 0.907. The van der Waals surface area contributed by atoms with Gasteiger partial charge in [-0.3, -0.25) is 4.79 Å². The molecule has 0 aliphatic carbocycles. The van der Waals surface area contributed by atoms with Crippen LogP contribution in [0.3, 0.4) is 0 Å². The molecule has 0 N–H and O–H groups in total. The molecule has 16 heavy (non-hydrogen) atoms. The van der Waals surface area contributed by atoms with Gasteiger partial charge in [0.15, 0.2) is 5.69 Å². The van der Waals surface area contributed by atoms with Gasteiger partial charge in [0.2, 0.25) is 0 Å². The first-order valence-corrected chi connectivity index (χ1v) is 5.30. The number of hydrogen-bond donors (Lipinski definition) is 0. The fraction of sp³-hybridized carbons (Fsp3) is 0.385. The van der Waals surface area contributed by atoms with E-state index >= 15 is 0 Å². The number of aryl methyl sites for hydroxylation is 1. The normalized spacial score (nSPS) is 9.56. The molecule has 0 radical (unpaired) electrons. The summed E-state index contributed by atoms with van der Waals surface area (Å²) >= 11 is 0. The van der Waals surface area contributed by atoms with Crippen LogP contribution in [0.1, 0.15) is 24.5 Å². The van der Waals surface area contributed by atoms with E-state index in [9.17, 15) is 4.79 Å². The quantitative estimate of drug-likeness (QED) is 0.573. The van der Waals surface area contributed by atoms with Crippen LogP contribution in [0.2, 0.25) is 0 Å². The van der Waals surface area contributed by atoms with Crippen LogP contribution in [0.5, 0.6) is 0 Å². The molecule has 0 aliphatic heterocycles. The van der Waals surface area contributed by atoms with E-state index in [0.717, 1.165) is 11.1 Å². The second-order valence-corrected chi connectivity index (χ2v) is 3.49. The van der Waals surface area contributed by atoms with Crippen molar-refractivity contribution < 1.29 is 9.53 Å². The van der Waals surface area contributed by atoms with Crippen LogP contribution >= 0.6 is 0 Å². The van der Waals surface area contributed by atoms with Crippen molar-refractivity contribution in [3.63, 3.8) is 0 Å². The molecule has 3 heteroatoms. The van der Waals surface area contributed by atoms with E-state index < -0.39 is 0 Å². The van der Waals surface area contributed by atoms with E-state index in [1.807, 2.05) is 19.1 Å². The Bertz CT molecular complexity index is 418. The van der Waals surface area contributed by atoms with E-state index in [1.54, 1.807) is 13.0 Å². The van der Waals surface area contributed by atoms with Gasteiger partial charge in [0.25, 0.3) is 0 Å². The summed E-state index contributed by atoms with van der Waals surface area (Å²) in [5.41, 5.74) is 2.63. The molecule has 0 spiro atoms. The molecular weight excluding hydrogens is 202 g/mol. The zero-order chi connectivity index (χ0) is 12.0. The van der Waals surface area contributed by atoms with Gasteiger partial charge in [0, 0.05) is 6.42 Å². The fourth-order valence-electron chi connectivity index (χ4n) is 1.58. The molecule has 0 aromatic heterocycles. The van der Waals surface area contributed by atoms with Crippen LogP contribution < -0.4 is 0 Å². The van der Waals surface area contributed by atoms with Gasteiger partial charge in [-0.05, 0) is 25.8 Å². The molecule has 1 rings (SSSR count). The number of rotatable bonds is 4. The zero-order valence-electron chi connectivity index (χ0n) is 9.62. The van der Waals surface area contributed by atoms with Gasteiger partial charge in [0.1, 0.15) is 0 Å². The number of carbonyl (C=O) groups excluding carboxylic acids is 1. The highest BCUT2D eigenvalue weighted by molar-refractivity contribution is 5.70. The highest BCUT2D eigenvalue weighted by atomic mass is 16.5. The predicted octanol–water partition coefficient (Wildman–Crippen LogP) is 3.04. The standard InChI is InChI=1S/C13H15NO2/c1-4-16-13(15)9-8-11-10(2)6-5-7-12(11)14-3/h5-7H,4,8-9H2,1-2H3. The monoisotopic (exact) mass is 217 g/mol. The van der Waals surface area contributed by atoms with Crippen molar-refractivity contribution in [2.24, 2.45) is 0 Å². The minimum absolute atomic E-state index is 0.207. The van der Waals surface area contributed by atoms with Crippen LogP contribution in [0.25, 0.3) is 4.85 Å². The van der Waals surface area contributed by atoms with Gasteiger partial charge in [-0.1, -0.05) is 23.8 Å². The Kier molecular flexibility index (Phi) is 4.53. The van der Waals surface area contributed by atoms with Crippen molar-refractivity contribution in [2.75, 3.05) is 6.61 Å². The molecule has 0 amide bonds. The highest BCUT2D eigenvalue weighted by Gasteiger charge is 2.08. The van der Waals surface area contributed by atoms with Crippen molar-refractivity contribution in [1.82, 2.24) is 0 Å². The van der Waals surface area contributed by atoms with Gasteiger partial charge in [0.05, 0.1) is 13.2 Å². The summed E-state index contributed by atoms with van der Waals surface area (Å²) < 4.78 is 4.86. The van der Waals surface area contributed by atoms with E-state index in [0.29, 0.717) is 25.1 Å². The SMILES string of the molecule is [C-]#[N+]c1cccc(C)c1CCC(=O)OCC. The lowest BCUT2D eigenvalue weighted by atomic mass is 10.0. The topological polar surface area (TPSA) is 30.7 Å². The highest BCUT2D eigenvalue weighted by Crippen LogP contribution is 2.23. The molecule has 0 fully saturated rings. The molecule has 0 saturated carbocycles. The third kappa shape index (κ3) is 3.09. The van der Waals surface area contributed by atoms with E-state index in [1.165, 1.54) is 0 Å². The average Bonchev–Trinajstić information content (AvgIpc) is 2.27. The van der Waals surface area contributed by atoms with Crippen LogP contribution in [0.4, 0.5) is 5.69 Å². The smallest absolute Gasteiger partial charge is 0.306 e. The van der Waals surface area contributed by atoms with Crippen molar-refractivity contribution in [3.05, 3.63) is 40.7 Å². The van der Waals surface area contributed by atoms with Gasteiger partial charge >= 0.3 is 5.97 Å². The van der Waals surface area contributed by atoms with Crippen molar-refractivity contribution in [3.8, 4) is 0 Å². The third-order valence-electron chi connectivity index (χ3n) is 2.39. The maximum absolute atomic E-state index is 11.2. The second kappa shape index (κ2) is 5.92. The second-order valence-electron chi connectivity index (χ2n) is 3.49. The molecule has 3 nitrogen and oxygen atoms in total. The van der Waals surface area contributed by atoms with Crippen molar-refractivity contribution in [2.45, 2.75) is 26.7 Å². The van der Waals surface area contributed by atoms with Crippen LogP contribution in [-0.2, 0) is 16.0 Å². The predicted molar refractivity (Wildman–Crippen MR) is 62.4 cm³/mol. The first kappa shape index (κ1) is 12.3. The van der Waals surface area contributed by atoms with Crippen LogP contribution in [0, 0.1) is 13.5 Å². The Morgan fingerprint density at radius 2 is 2.25 bits per heavy atom. The first-order valence-electron chi connectivity index (χ1n) is 5.30. The fourth-order valence-corrected chi connectivity index (χ4v) is 1.58. The average molecular weight is 217 g/mol. The summed E-state index contributed by atoms with van der Waals surface area (Å²) in [5, 5.41) is 0. The molecule has 0 atom stereocenters. The van der Waals surface area contributed by atoms with Gasteiger partial charge < -0.3 is 4.74 Å². The number of benzene rings is 1. The van der Waals surface area contributed by atoms with Crippen LogP contribution in [0.15, 0.2) is 18.2 Å². The van der Waals surface area contributed by atoms with Crippen molar-refractivity contribution >= 4 is 11.7 Å². The lowest BCUT2D eigenvalue weighted by Gasteiger charge is -2.07. The molecule has 0 saturated heterocycles. The zero-order valence-corrected chi connectivity index (χ0v) is 9.62. The van der Waals surface area contributed by atoms with Gasteiger partial charge in [-0.15, -0.1) is 0 Å². The first-order chi connectivity index (χ1) is 7.69. The largest absolute Gasteiger partial charge is 0.466 e. The van der Waals surface area contributed by atoms with Crippen LogP contribution in [-0.4, -0.2) is 12.6 Å². The Hall–Kier alpha value is -1.82. The minimum Gasteiger partial charge on any atom is -0.466 e. The molecule has 0 aliphatic rings. The Balaban J connectivity index is 2.74. The molecule has 0 unspecified atom stereocenters. The maximum atomic E-state index is 11.2. The lowest BCUT2D eigenvalue weighted by Crippen LogP contribution is -2.05. The molecule has 0 heterocycles. The lowest BCUT2D eigenvalue weighted by molar-refractivity contribution is -0.143. The Morgan fingerprint density at radius 1 is 1.50 bits per heavy atom. The summed E-state index contributed by atoms with van der Waals surface area (Å²) in [5.74, 6) is -0.207. The molecular formula is C13H15NO2. The van der Waals surface area contributed by atoms with E-state index in [-0.39, 0.29) is 5.97 Å². The summed E-state index contributed by atoms with van der Waals surface area (Å²) in [6.45, 7) is 11.2. The summed E-state index contributed by atoms with van der Waals surface area (Å²) in [4.78, 5) is 14.7. The number of nitrogens with zero attached hydrogens (tertiary/aromatic N) is 1. The number of esters is 1. The Labute approximate surface area is 95.9 Å². The third-order valence-corrected chi connectivity index (χ3v) is 2.39. The molecule has 1 aromatic carbocycles.